The van der Waals surface area contributed by atoms with Crippen LogP contribution in [-0.2, 0) is 4.79 Å². The van der Waals surface area contributed by atoms with Crippen molar-refractivity contribution in [1.82, 2.24) is 20.2 Å². The molecule has 0 saturated heterocycles. The molecule has 1 unspecified atom stereocenters. The van der Waals surface area contributed by atoms with Crippen molar-refractivity contribution in [3.05, 3.63) is 42.5 Å². The van der Waals surface area contributed by atoms with Crippen molar-refractivity contribution < 1.29 is 14.3 Å². The van der Waals surface area contributed by atoms with Crippen molar-refractivity contribution in [2.24, 2.45) is 0 Å². The van der Waals surface area contributed by atoms with E-state index in [-0.39, 0.29) is 5.91 Å². The number of carbonyl (C=O) groups excluding carboxylic acids is 1. The molecule has 1 N–H and O–H groups in total. The zero-order chi connectivity index (χ0) is 20.8. The van der Waals surface area contributed by atoms with Gasteiger partial charge >= 0.3 is 0 Å². The number of hydrogen-bond donors (Lipinski definition) is 1. The predicted molar refractivity (Wildman–Crippen MR) is 114 cm³/mol. The summed E-state index contributed by atoms with van der Waals surface area (Å²) in [5, 5.41) is 14.9. The molecule has 0 spiro atoms. The Kier molecular flexibility index (Phi) is 6.99. The van der Waals surface area contributed by atoms with E-state index in [0.717, 1.165) is 10.6 Å². The van der Waals surface area contributed by atoms with Crippen LogP contribution in [0.5, 0.6) is 11.5 Å². The van der Waals surface area contributed by atoms with Crippen molar-refractivity contribution in [3.63, 3.8) is 0 Å². The van der Waals surface area contributed by atoms with E-state index in [1.165, 1.54) is 16.4 Å². The number of para-hydroxylation sites is 1. The Morgan fingerprint density at radius 1 is 1.17 bits per heavy atom. The minimum Gasteiger partial charge on any atom is -0.497 e. The largest absolute Gasteiger partial charge is 0.497 e. The molecule has 0 saturated carbocycles. The average molecular weight is 432 g/mol. The molecule has 0 bridgehead atoms. The van der Waals surface area contributed by atoms with Gasteiger partial charge in [0, 0.05) is 11.0 Å². The number of rotatable bonds is 8. The van der Waals surface area contributed by atoms with Crippen LogP contribution < -0.4 is 14.8 Å². The van der Waals surface area contributed by atoms with E-state index in [4.69, 9.17) is 9.47 Å². The number of ether oxygens (including phenoxy) is 2. The molecular formula is C19H21N5O3S2. The van der Waals surface area contributed by atoms with Crippen LogP contribution in [0.3, 0.4) is 0 Å². The number of amides is 1. The highest BCUT2D eigenvalue weighted by Gasteiger charge is 2.21. The molecule has 1 heterocycles. The van der Waals surface area contributed by atoms with Gasteiger partial charge in [-0.05, 0) is 47.9 Å². The van der Waals surface area contributed by atoms with Crippen LogP contribution in [-0.4, -0.2) is 51.8 Å². The lowest BCUT2D eigenvalue weighted by Crippen LogP contribution is -2.23. The first kappa shape index (κ1) is 21.0. The van der Waals surface area contributed by atoms with Gasteiger partial charge in [-0.1, -0.05) is 23.9 Å². The minimum absolute atomic E-state index is 0.136. The zero-order valence-electron chi connectivity index (χ0n) is 16.4. The lowest BCUT2D eigenvalue weighted by molar-refractivity contribution is -0.115. The van der Waals surface area contributed by atoms with Gasteiger partial charge in [0.15, 0.2) is 0 Å². The molecule has 152 valence electrons. The van der Waals surface area contributed by atoms with Gasteiger partial charge in [0.25, 0.3) is 0 Å². The van der Waals surface area contributed by atoms with Gasteiger partial charge in [-0.25, -0.2) is 0 Å². The van der Waals surface area contributed by atoms with Crippen LogP contribution in [0.2, 0.25) is 0 Å². The van der Waals surface area contributed by atoms with Crippen molar-refractivity contribution in [2.75, 3.05) is 25.8 Å². The summed E-state index contributed by atoms with van der Waals surface area (Å²) in [4.78, 5) is 13.7. The van der Waals surface area contributed by atoms with Gasteiger partial charge < -0.3 is 14.8 Å². The molecular weight excluding hydrogens is 410 g/mol. The summed E-state index contributed by atoms with van der Waals surface area (Å²) in [5.74, 6) is 1.10. The third kappa shape index (κ3) is 4.83. The summed E-state index contributed by atoms with van der Waals surface area (Å²) in [6.45, 7) is 1.81. The SMILES string of the molecule is COc1ccc(OC)c(-n2nnnc2SC(C)C(=O)Nc2ccccc2SC)c1. The Bertz CT molecular complexity index is 995. The Morgan fingerprint density at radius 3 is 2.69 bits per heavy atom. The molecule has 0 aliphatic carbocycles. The predicted octanol–water partition coefficient (Wildman–Crippen LogP) is 3.52. The molecule has 10 heteroatoms. The summed E-state index contributed by atoms with van der Waals surface area (Å²) in [7, 11) is 3.15. The van der Waals surface area contributed by atoms with Crippen LogP contribution in [0.1, 0.15) is 6.92 Å². The maximum Gasteiger partial charge on any atom is 0.237 e. The topological polar surface area (TPSA) is 91.2 Å². The number of methoxy groups -OCH3 is 2. The summed E-state index contributed by atoms with van der Waals surface area (Å²) in [6.07, 6.45) is 1.97. The molecule has 0 fully saturated rings. The highest BCUT2D eigenvalue weighted by atomic mass is 32.2. The molecule has 0 aliphatic rings. The number of hydrogen-bond acceptors (Lipinski definition) is 8. The summed E-state index contributed by atoms with van der Waals surface area (Å²) in [5.41, 5.74) is 1.41. The third-order valence-corrected chi connectivity index (χ3v) is 5.90. The fourth-order valence-corrected chi connectivity index (χ4v) is 3.91. The van der Waals surface area contributed by atoms with Gasteiger partial charge in [0.1, 0.15) is 17.2 Å². The molecule has 2 aromatic carbocycles. The Hall–Kier alpha value is -2.72. The number of carbonyl (C=O) groups is 1. The second-order valence-electron chi connectivity index (χ2n) is 5.86. The average Bonchev–Trinajstić information content (AvgIpc) is 3.21. The van der Waals surface area contributed by atoms with Gasteiger partial charge in [-0.3, -0.25) is 4.79 Å². The highest BCUT2D eigenvalue weighted by Crippen LogP contribution is 2.31. The maximum atomic E-state index is 12.7. The summed E-state index contributed by atoms with van der Waals surface area (Å²) in [6, 6.07) is 13.0. The van der Waals surface area contributed by atoms with E-state index in [1.807, 2.05) is 37.4 Å². The number of thioether (sulfide) groups is 2. The first-order valence-electron chi connectivity index (χ1n) is 8.68. The summed E-state index contributed by atoms with van der Waals surface area (Å²) < 4.78 is 12.2. The standard InChI is InChI=1S/C19H21N5O3S2/c1-12(18(25)20-14-7-5-6-8-17(14)28-4)29-19-21-22-23-24(19)15-11-13(26-2)9-10-16(15)27-3/h5-12H,1-4H3,(H,20,25). The molecule has 3 rings (SSSR count). The van der Waals surface area contributed by atoms with Crippen LogP contribution in [0, 0.1) is 0 Å². The monoisotopic (exact) mass is 431 g/mol. The zero-order valence-corrected chi connectivity index (χ0v) is 18.1. The Labute approximate surface area is 177 Å². The fraction of sp³-hybridized carbons (Fsp3) is 0.263. The van der Waals surface area contributed by atoms with Crippen molar-refractivity contribution in [1.29, 1.82) is 0 Å². The molecule has 1 atom stereocenters. The van der Waals surface area contributed by atoms with E-state index < -0.39 is 5.25 Å². The maximum absolute atomic E-state index is 12.7. The molecule has 29 heavy (non-hydrogen) atoms. The molecule has 1 amide bonds. The highest BCUT2D eigenvalue weighted by molar-refractivity contribution is 8.00. The van der Waals surface area contributed by atoms with Gasteiger partial charge in [-0.2, -0.15) is 4.68 Å². The normalized spacial score (nSPS) is 11.7. The third-order valence-electron chi connectivity index (χ3n) is 4.07. The Morgan fingerprint density at radius 2 is 1.97 bits per heavy atom. The molecule has 0 radical (unpaired) electrons. The minimum atomic E-state index is -0.425. The van der Waals surface area contributed by atoms with Crippen molar-refractivity contribution in [3.8, 4) is 17.2 Å². The molecule has 0 aliphatic heterocycles. The van der Waals surface area contributed by atoms with E-state index in [2.05, 4.69) is 20.8 Å². The number of nitrogens with zero attached hydrogens (tertiary/aromatic N) is 4. The lowest BCUT2D eigenvalue weighted by Gasteiger charge is -2.14. The lowest BCUT2D eigenvalue weighted by atomic mass is 10.3. The molecule has 8 nitrogen and oxygen atoms in total. The van der Waals surface area contributed by atoms with Crippen molar-refractivity contribution in [2.45, 2.75) is 22.2 Å². The summed E-state index contributed by atoms with van der Waals surface area (Å²) >= 11 is 2.83. The molecule has 1 aromatic heterocycles. The number of anilines is 1. The first-order chi connectivity index (χ1) is 14.1. The van der Waals surface area contributed by atoms with Crippen LogP contribution in [0.4, 0.5) is 5.69 Å². The van der Waals surface area contributed by atoms with E-state index in [1.54, 1.807) is 44.2 Å². The van der Waals surface area contributed by atoms with E-state index >= 15 is 0 Å². The Balaban J connectivity index is 1.80. The first-order valence-corrected chi connectivity index (χ1v) is 10.8. The van der Waals surface area contributed by atoms with Gasteiger partial charge in [0.05, 0.1) is 25.2 Å². The fourth-order valence-electron chi connectivity index (χ4n) is 2.56. The van der Waals surface area contributed by atoms with E-state index in [9.17, 15) is 4.79 Å². The van der Waals surface area contributed by atoms with Crippen LogP contribution in [0.25, 0.3) is 5.69 Å². The van der Waals surface area contributed by atoms with Gasteiger partial charge in [0.2, 0.25) is 11.1 Å². The number of nitrogens with one attached hydrogen (secondary N) is 1. The number of tetrazole rings is 1. The molecule has 3 aromatic rings. The quantitative estimate of drug-likeness (QED) is 0.542. The number of aromatic nitrogens is 4. The van der Waals surface area contributed by atoms with Crippen LogP contribution >= 0.6 is 23.5 Å². The number of benzene rings is 2. The smallest absolute Gasteiger partial charge is 0.237 e. The van der Waals surface area contributed by atoms with Crippen LogP contribution in [0.15, 0.2) is 52.5 Å². The second-order valence-corrected chi connectivity index (χ2v) is 8.02. The van der Waals surface area contributed by atoms with Gasteiger partial charge in [-0.15, -0.1) is 16.9 Å². The second kappa shape index (κ2) is 9.66. The van der Waals surface area contributed by atoms with E-state index in [0.29, 0.717) is 22.3 Å². The van der Waals surface area contributed by atoms with Crippen molar-refractivity contribution >= 4 is 35.1 Å².